The molecule has 0 saturated heterocycles. The van der Waals surface area contributed by atoms with Crippen LogP contribution in [0, 0.1) is 0 Å². The first-order valence-corrected chi connectivity index (χ1v) is 2.93. The maximum atomic E-state index is 9.93. The van der Waals surface area contributed by atoms with Gasteiger partial charge >= 0.3 is 6.16 Å². The quantitative estimate of drug-likeness (QED) is 0.373. The zero-order chi connectivity index (χ0) is 8.27. The number of rotatable bonds is 1. The van der Waals surface area contributed by atoms with Crippen molar-refractivity contribution in [3.63, 3.8) is 0 Å². The van der Waals surface area contributed by atoms with Gasteiger partial charge in [0.2, 0.25) is 0 Å². The Morgan fingerprint density at radius 2 is 2.00 bits per heavy atom. The smallest absolute Gasteiger partial charge is 0.396 e. The van der Waals surface area contributed by atoms with Crippen LogP contribution in [0.3, 0.4) is 0 Å². The second kappa shape index (κ2) is 2.92. The Bertz CT molecular complexity index is 272. The third-order valence-electron chi connectivity index (χ3n) is 1.11. The van der Waals surface area contributed by atoms with E-state index in [2.05, 4.69) is 4.74 Å². The van der Waals surface area contributed by atoms with Crippen molar-refractivity contribution in [3.05, 3.63) is 24.3 Å². The Morgan fingerprint density at radius 1 is 1.36 bits per heavy atom. The summed E-state index contributed by atoms with van der Waals surface area (Å²) in [4.78, 5) is 9.93. The first-order chi connectivity index (χ1) is 5.20. The van der Waals surface area contributed by atoms with Crippen molar-refractivity contribution in [2.75, 3.05) is 5.73 Å². The molecule has 0 unspecified atom stereocenters. The molecule has 4 heteroatoms. The minimum Gasteiger partial charge on any atom is -0.396 e. The number of carbonyl (C=O) groups is 1. The Kier molecular flexibility index (Phi) is 1.96. The predicted octanol–water partition coefficient (Wildman–Crippen LogP) is 1.20. The first-order valence-electron chi connectivity index (χ1n) is 2.93. The summed E-state index contributed by atoms with van der Waals surface area (Å²) in [7, 11) is 0. The lowest BCUT2D eigenvalue weighted by molar-refractivity contribution is 0.117. The highest BCUT2D eigenvalue weighted by Crippen LogP contribution is 2.19. The maximum absolute atomic E-state index is 9.93. The Balaban J connectivity index is 2.86. The van der Waals surface area contributed by atoms with Crippen LogP contribution >= 0.6 is 0 Å². The summed E-state index contributed by atoms with van der Waals surface area (Å²) in [5.74, 6) is 0.104. The summed E-state index contributed by atoms with van der Waals surface area (Å²) in [5.41, 5.74) is 5.63. The number of carbonyl (C=O) groups excluding carboxylic acids is 1. The number of benzene rings is 1. The molecule has 0 bridgehead atoms. The van der Waals surface area contributed by atoms with Gasteiger partial charge in [-0.25, -0.2) is 0 Å². The fourth-order valence-corrected chi connectivity index (χ4v) is 0.663. The third kappa shape index (κ3) is 1.86. The number of nitrogens with two attached hydrogens (primary N) is 1. The monoisotopic (exact) mass is 152 g/mol. The van der Waals surface area contributed by atoms with Crippen molar-refractivity contribution in [1.82, 2.24) is 0 Å². The van der Waals surface area contributed by atoms with E-state index in [0.717, 1.165) is 0 Å². The molecule has 0 aliphatic heterocycles. The van der Waals surface area contributed by atoms with Crippen LogP contribution in [0.25, 0.3) is 0 Å². The van der Waals surface area contributed by atoms with Crippen LogP contribution in [0.1, 0.15) is 0 Å². The molecular weight excluding hydrogens is 146 g/mol. The summed E-state index contributed by atoms with van der Waals surface area (Å²) >= 11 is 0. The van der Waals surface area contributed by atoms with Gasteiger partial charge in [-0.3, -0.25) is 0 Å². The minimum atomic E-state index is -1.61. The van der Waals surface area contributed by atoms with E-state index in [1.165, 1.54) is 12.1 Å². The Labute approximate surface area is 63.2 Å². The predicted molar refractivity (Wildman–Crippen MR) is 37.6 cm³/mol. The van der Waals surface area contributed by atoms with E-state index >= 15 is 0 Å². The first kappa shape index (κ1) is 7.40. The minimum absolute atomic E-state index is 0.104. The number of anilines is 1. The van der Waals surface area contributed by atoms with Crippen molar-refractivity contribution < 1.29 is 14.6 Å². The second-order valence-electron chi connectivity index (χ2n) is 1.89. The highest BCUT2D eigenvalue weighted by molar-refractivity contribution is 5.65. The van der Waals surface area contributed by atoms with Crippen molar-refractivity contribution in [2.45, 2.75) is 0 Å². The molecule has 0 aliphatic carbocycles. The van der Waals surface area contributed by atoms with Crippen LogP contribution in [0.15, 0.2) is 24.3 Å². The van der Waals surface area contributed by atoms with Crippen LogP contribution in [-0.2, 0) is 5.11 Å². The molecule has 1 radical (unpaired) electrons. The Hall–Kier alpha value is -1.71. The number of nitrogen functional groups attached to an aromatic ring is 1. The molecule has 2 N–H and O–H groups in total. The van der Waals surface area contributed by atoms with Crippen molar-refractivity contribution in [2.24, 2.45) is 0 Å². The molecule has 1 rings (SSSR count). The second-order valence-corrected chi connectivity index (χ2v) is 1.89. The van der Waals surface area contributed by atoms with E-state index in [-0.39, 0.29) is 11.4 Å². The largest absolute Gasteiger partial charge is 0.555 e. The zero-order valence-corrected chi connectivity index (χ0v) is 5.61. The van der Waals surface area contributed by atoms with Crippen molar-refractivity contribution in [1.29, 1.82) is 0 Å². The van der Waals surface area contributed by atoms with Gasteiger partial charge in [-0.2, -0.15) is 9.90 Å². The molecule has 0 saturated carbocycles. The van der Waals surface area contributed by atoms with Crippen LogP contribution in [0.5, 0.6) is 5.75 Å². The average Bonchev–Trinajstić information content (AvgIpc) is 1.93. The lowest BCUT2D eigenvalue weighted by Crippen LogP contribution is -2.03. The molecule has 0 amide bonds. The van der Waals surface area contributed by atoms with Gasteiger partial charge in [0.25, 0.3) is 0 Å². The molecule has 57 valence electrons. The van der Waals surface area contributed by atoms with E-state index in [1.54, 1.807) is 12.1 Å². The fourth-order valence-electron chi connectivity index (χ4n) is 0.663. The lowest BCUT2D eigenvalue weighted by Gasteiger charge is -2.00. The van der Waals surface area contributed by atoms with Gasteiger partial charge in [0, 0.05) is 0 Å². The third-order valence-corrected chi connectivity index (χ3v) is 1.11. The fraction of sp³-hybridized carbons (Fsp3) is 0. The molecule has 0 atom stereocenters. The standard InChI is InChI=1S/C7H6NO3/c8-5-3-1-2-4-6(5)11-7(9)10/h1-4H,8H2. The molecule has 11 heavy (non-hydrogen) atoms. The van der Waals surface area contributed by atoms with E-state index < -0.39 is 6.16 Å². The van der Waals surface area contributed by atoms with Gasteiger partial charge < -0.3 is 10.5 Å². The topological polar surface area (TPSA) is 72.2 Å². The molecule has 0 heterocycles. The summed E-state index contributed by atoms with van der Waals surface area (Å²) in [6.45, 7) is 0. The van der Waals surface area contributed by atoms with Crippen LogP contribution < -0.4 is 10.5 Å². The molecular formula is C7H6NO3. The summed E-state index contributed by atoms with van der Waals surface area (Å²) in [6.07, 6.45) is -1.61. The summed E-state index contributed by atoms with van der Waals surface area (Å²) in [5, 5.41) is 9.93. The van der Waals surface area contributed by atoms with Crippen molar-refractivity contribution >= 4 is 11.8 Å². The van der Waals surface area contributed by atoms with E-state index in [0.29, 0.717) is 0 Å². The van der Waals surface area contributed by atoms with Crippen LogP contribution in [-0.4, -0.2) is 6.16 Å². The van der Waals surface area contributed by atoms with Crippen molar-refractivity contribution in [3.8, 4) is 5.75 Å². The van der Waals surface area contributed by atoms with E-state index in [4.69, 9.17) is 5.73 Å². The normalized spacial score (nSPS) is 9.09. The SMILES string of the molecule is Nc1ccccc1OC([O])=O. The van der Waals surface area contributed by atoms with Crippen LogP contribution in [0.2, 0.25) is 0 Å². The van der Waals surface area contributed by atoms with Gasteiger partial charge in [-0.1, -0.05) is 12.1 Å². The highest BCUT2D eigenvalue weighted by Gasteiger charge is 2.04. The van der Waals surface area contributed by atoms with Gasteiger partial charge in [-0.05, 0) is 12.1 Å². The summed E-state index contributed by atoms with van der Waals surface area (Å²) < 4.78 is 4.23. The molecule has 0 aromatic heterocycles. The average molecular weight is 152 g/mol. The van der Waals surface area contributed by atoms with Gasteiger partial charge in [0.1, 0.15) is 0 Å². The Morgan fingerprint density at radius 3 is 2.55 bits per heavy atom. The molecule has 1 aromatic rings. The molecule has 1 aromatic carbocycles. The van der Waals surface area contributed by atoms with Crippen LogP contribution in [0.4, 0.5) is 10.5 Å². The van der Waals surface area contributed by atoms with Gasteiger partial charge in [-0.15, -0.1) is 0 Å². The molecule has 0 spiro atoms. The molecule has 0 aliphatic rings. The van der Waals surface area contributed by atoms with Gasteiger partial charge in [0.05, 0.1) is 5.69 Å². The molecule has 4 nitrogen and oxygen atoms in total. The number of hydrogen-bond acceptors (Lipinski definition) is 3. The maximum Gasteiger partial charge on any atom is 0.555 e. The number of hydrogen-bond donors (Lipinski definition) is 1. The lowest BCUT2D eigenvalue weighted by atomic mass is 10.3. The number of ether oxygens (including phenoxy) is 1. The zero-order valence-electron chi connectivity index (χ0n) is 5.61. The molecule has 0 fully saturated rings. The van der Waals surface area contributed by atoms with E-state index in [9.17, 15) is 9.90 Å². The van der Waals surface area contributed by atoms with Gasteiger partial charge in [0.15, 0.2) is 5.75 Å². The summed E-state index contributed by atoms with van der Waals surface area (Å²) in [6, 6.07) is 6.29. The highest BCUT2D eigenvalue weighted by atomic mass is 16.7. The van der Waals surface area contributed by atoms with E-state index in [1.807, 2.05) is 0 Å². The number of para-hydroxylation sites is 2.